The largest absolute Gasteiger partial charge is 0.369 e. The summed E-state index contributed by atoms with van der Waals surface area (Å²) in [5.74, 6) is 0.190. The fourth-order valence-electron chi connectivity index (χ4n) is 4.62. The van der Waals surface area contributed by atoms with E-state index in [1.807, 2.05) is 17.0 Å². The molecule has 0 aromatic heterocycles. The molecule has 0 saturated carbocycles. The zero-order chi connectivity index (χ0) is 18.1. The lowest BCUT2D eigenvalue weighted by Crippen LogP contribution is -2.48. The van der Waals surface area contributed by atoms with Crippen molar-refractivity contribution < 1.29 is 4.79 Å². The molecule has 28 heavy (non-hydrogen) atoms. The maximum absolute atomic E-state index is 12.9. The molecule has 0 aliphatic carbocycles. The van der Waals surface area contributed by atoms with Gasteiger partial charge in [-0.2, -0.15) is 0 Å². The summed E-state index contributed by atoms with van der Waals surface area (Å²) in [6.07, 6.45) is 3.56. The Bertz CT molecular complexity index is 632. The molecule has 7 heteroatoms. The number of rotatable bonds is 3. The fourth-order valence-corrected chi connectivity index (χ4v) is 4.62. The maximum Gasteiger partial charge on any atom is 0.253 e. The number of benzene rings is 1. The highest BCUT2D eigenvalue weighted by molar-refractivity contribution is 5.94. The topological polar surface area (TPSA) is 38.8 Å². The van der Waals surface area contributed by atoms with E-state index >= 15 is 0 Å². The van der Waals surface area contributed by atoms with Crippen molar-refractivity contribution in [1.29, 1.82) is 0 Å². The minimum absolute atomic E-state index is 0. The predicted octanol–water partition coefficient (Wildman–Crippen LogP) is 3.03. The molecule has 4 rings (SSSR count). The van der Waals surface area contributed by atoms with Gasteiger partial charge in [0.2, 0.25) is 0 Å². The normalized spacial score (nSPS) is 25.1. The van der Waals surface area contributed by atoms with Crippen molar-refractivity contribution in [3.8, 4) is 0 Å². The van der Waals surface area contributed by atoms with Gasteiger partial charge in [0.25, 0.3) is 5.91 Å². The Morgan fingerprint density at radius 1 is 0.929 bits per heavy atom. The Morgan fingerprint density at radius 2 is 1.57 bits per heavy atom. The first kappa shape index (κ1) is 23.3. The molecule has 5 nitrogen and oxygen atoms in total. The second-order valence-corrected chi connectivity index (χ2v) is 8.34. The lowest BCUT2D eigenvalue weighted by Gasteiger charge is -2.38. The average Bonchev–Trinajstić information content (AvgIpc) is 3.00. The second kappa shape index (κ2) is 10.1. The Labute approximate surface area is 181 Å². The number of fused-ring (bicyclic) bond motifs is 2. The number of halogens is 2. The molecule has 3 fully saturated rings. The summed E-state index contributed by atoms with van der Waals surface area (Å²) in [7, 11) is 0. The zero-order valence-electron chi connectivity index (χ0n) is 17.0. The summed E-state index contributed by atoms with van der Waals surface area (Å²) in [5, 5.41) is 3.65. The van der Waals surface area contributed by atoms with Gasteiger partial charge in [0.05, 0.1) is 0 Å². The van der Waals surface area contributed by atoms with Crippen molar-refractivity contribution in [2.45, 2.75) is 51.2 Å². The van der Waals surface area contributed by atoms with Crippen LogP contribution in [0.25, 0.3) is 0 Å². The van der Waals surface area contributed by atoms with Crippen LogP contribution in [-0.2, 0) is 0 Å². The minimum atomic E-state index is 0. The third kappa shape index (κ3) is 5.12. The summed E-state index contributed by atoms with van der Waals surface area (Å²) in [5.41, 5.74) is 2.06. The van der Waals surface area contributed by atoms with Gasteiger partial charge in [0, 0.05) is 68.6 Å². The van der Waals surface area contributed by atoms with Gasteiger partial charge in [-0.05, 0) is 57.4 Å². The van der Waals surface area contributed by atoms with Crippen molar-refractivity contribution in [3.05, 3.63) is 29.8 Å². The van der Waals surface area contributed by atoms with E-state index in [2.05, 4.69) is 41.1 Å². The van der Waals surface area contributed by atoms with E-state index in [0.717, 1.165) is 51.3 Å². The quantitative estimate of drug-likeness (QED) is 0.802. The van der Waals surface area contributed by atoms with E-state index < -0.39 is 0 Å². The van der Waals surface area contributed by atoms with Crippen LogP contribution in [0, 0.1) is 0 Å². The Balaban J connectivity index is 0.00000140. The second-order valence-electron chi connectivity index (χ2n) is 8.34. The lowest BCUT2D eigenvalue weighted by atomic mass is 10.1. The van der Waals surface area contributed by atoms with Gasteiger partial charge in [-0.3, -0.25) is 9.69 Å². The monoisotopic (exact) mass is 428 g/mol. The number of hydrogen-bond acceptors (Lipinski definition) is 4. The van der Waals surface area contributed by atoms with E-state index in [-0.39, 0.29) is 30.7 Å². The molecule has 3 aliphatic rings. The van der Waals surface area contributed by atoms with Crippen LogP contribution in [0.3, 0.4) is 0 Å². The maximum atomic E-state index is 12.9. The van der Waals surface area contributed by atoms with Crippen LogP contribution in [-0.4, -0.2) is 73.1 Å². The van der Waals surface area contributed by atoms with Crippen molar-refractivity contribution in [2.24, 2.45) is 0 Å². The summed E-state index contributed by atoms with van der Waals surface area (Å²) < 4.78 is 0. The van der Waals surface area contributed by atoms with Crippen LogP contribution >= 0.6 is 24.8 Å². The highest BCUT2D eigenvalue weighted by atomic mass is 35.5. The van der Waals surface area contributed by atoms with Crippen LogP contribution in [0.15, 0.2) is 24.3 Å². The van der Waals surface area contributed by atoms with E-state index in [1.165, 1.54) is 18.5 Å². The van der Waals surface area contributed by atoms with Gasteiger partial charge < -0.3 is 15.1 Å². The molecular formula is C21H34Cl2N4O. The molecule has 3 heterocycles. The van der Waals surface area contributed by atoms with Crippen molar-refractivity contribution in [3.63, 3.8) is 0 Å². The molecule has 2 atom stereocenters. The lowest BCUT2D eigenvalue weighted by molar-refractivity contribution is 0.0748. The van der Waals surface area contributed by atoms with Gasteiger partial charge in [0.15, 0.2) is 0 Å². The van der Waals surface area contributed by atoms with Crippen LogP contribution in [0.4, 0.5) is 5.69 Å². The Hall–Kier alpha value is -1.01. The molecule has 3 aliphatic heterocycles. The summed E-state index contributed by atoms with van der Waals surface area (Å²) >= 11 is 0. The molecule has 1 amide bonds. The molecular weight excluding hydrogens is 395 g/mol. The van der Waals surface area contributed by atoms with Gasteiger partial charge in [-0.1, -0.05) is 0 Å². The number of likely N-dealkylation sites (tertiary alicyclic amines) is 1. The van der Waals surface area contributed by atoms with Crippen LogP contribution in [0.5, 0.6) is 0 Å². The van der Waals surface area contributed by atoms with Crippen molar-refractivity contribution in [1.82, 2.24) is 15.1 Å². The van der Waals surface area contributed by atoms with Crippen molar-refractivity contribution >= 4 is 36.4 Å². The summed E-state index contributed by atoms with van der Waals surface area (Å²) in [4.78, 5) is 19.9. The molecule has 158 valence electrons. The first-order valence-electron chi connectivity index (χ1n) is 10.2. The summed E-state index contributed by atoms with van der Waals surface area (Å²) in [6, 6.07) is 10.0. The van der Waals surface area contributed by atoms with Gasteiger partial charge in [-0.25, -0.2) is 0 Å². The fraction of sp³-hybridized carbons (Fsp3) is 0.667. The number of amides is 1. The van der Waals surface area contributed by atoms with Gasteiger partial charge >= 0.3 is 0 Å². The van der Waals surface area contributed by atoms with E-state index in [0.29, 0.717) is 18.1 Å². The van der Waals surface area contributed by atoms with Crippen molar-refractivity contribution in [2.75, 3.05) is 44.2 Å². The molecule has 0 spiro atoms. The number of nitrogens with zero attached hydrogens (tertiary/aromatic N) is 3. The molecule has 0 radical (unpaired) electrons. The highest BCUT2D eigenvalue weighted by Crippen LogP contribution is 2.23. The Kier molecular flexibility index (Phi) is 8.44. The SMILES string of the molecule is CC(C)N1CCN(c2ccc(C(=O)N3CCC4CCC(C3)N4)cc2)CC1.Cl.Cl. The molecule has 3 saturated heterocycles. The summed E-state index contributed by atoms with van der Waals surface area (Å²) in [6.45, 7) is 10.6. The number of carbonyl (C=O) groups is 1. The van der Waals surface area contributed by atoms with E-state index in [4.69, 9.17) is 0 Å². The molecule has 2 unspecified atom stereocenters. The molecule has 2 bridgehead atoms. The average molecular weight is 429 g/mol. The van der Waals surface area contributed by atoms with Crippen LogP contribution in [0.2, 0.25) is 0 Å². The predicted molar refractivity (Wildman–Crippen MR) is 120 cm³/mol. The van der Waals surface area contributed by atoms with Gasteiger partial charge in [-0.15, -0.1) is 24.8 Å². The number of nitrogens with one attached hydrogen (secondary N) is 1. The molecule has 1 N–H and O–H groups in total. The molecule has 1 aromatic rings. The highest BCUT2D eigenvalue weighted by Gasteiger charge is 2.31. The van der Waals surface area contributed by atoms with Crippen LogP contribution < -0.4 is 10.2 Å². The van der Waals surface area contributed by atoms with E-state index in [9.17, 15) is 4.79 Å². The number of hydrogen-bond donors (Lipinski definition) is 1. The van der Waals surface area contributed by atoms with Gasteiger partial charge in [0.1, 0.15) is 0 Å². The van der Waals surface area contributed by atoms with Crippen LogP contribution in [0.1, 0.15) is 43.5 Å². The van der Waals surface area contributed by atoms with E-state index in [1.54, 1.807) is 0 Å². The Morgan fingerprint density at radius 3 is 2.21 bits per heavy atom. The first-order chi connectivity index (χ1) is 12.6. The minimum Gasteiger partial charge on any atom is -0.369 e. The smallest absolute Gasteiger partial charge is 0.253 e. The standard InChI is InChI=1S/C21H32N4O.2ClH/c1-16(2)23-11-13-24(14-12-23)20-7-3-17(4-8-20)21(26)25-10-9-18-5-6-19(15-25)22-18;;/h3-4,7-8,16,18-19,22H,5-6,9-15H2,1-2H3;2*1H. The number of carbonyl (C=O) groups excluding carboxylic acids is 1. The third-order valence-corrected chi connectivity index (χ3v) is 6.33. The zero-order valence-corrected chi connectivity index (χ0v) is 18.6. The molecule has 1 aromatic carbocycles. The first-order valence-corrected chi connectivity index (χ1v) is 10.2. The number of anilines is 1. The number of piperazine rings is 1. The third-order valence-electron chi connectivity index (χ3n) is 6.33.